The van der Waals surface area contributed by atoms with E-state index in [2.05, 4.69) is 5.32 Å². The second kappa shape index (κ2) is 4.44. The number of Topliss-reactive ketones (excluding diaryl/α,β-unsaturated/α-hetero) is 1. The van der Waals surface area contributed by atoms with Crippen molar-refractivity contribution < 1.29 is 14.7 Å². The van der Waals surface area contributed by atoms with E-state index in [9.17, 15) is 9.59 Å². The van der Waals surface area contributed by atoms with Gasteiger partial charge < -0.3 is 10.4 Å². The van der Waals surface area contributed by atoms with E-state index in [0.29, 0.717) is 5.69 Å². The number of carboxylic acid groups (broad SMARTS) is 1. The summed E-state index contributed by atoms with van der Waals surface area (Å²) in [6.07, 6.45) is 0. The Labute approximate surface area is 113 Å². The van der Waals surface area contributed by atoms with Crippen LogP contribution < -0.4 is 5.32 Å². The van der Waals surface area contributed by atoms with Crippen LogP contribution in [-0.2, 0) is 4.79 Å². The van der Waals surface area contributed by atoms with E-state index >= 15 is 0 Å². The zero-order valence-corrected chi connectivity index (χ0v) is 10.5. The van der Waals surface area contributed by atoms with Gasteiger partial charge in [0.25, 0.3) is 5.78 Å². The quantitative estimate of drug-likeness (QED) is 0.553. The summed E-state index contributed by atoms with van der Waals surface area (Å²) < 4.78 is 0. The van der Waals surface area contributed by atoms with Crippen molar-refractivity contribution >= 4 is 34.9 Å². The normalized spacial score (nSPS) is 12.0. The van der Waals surface area contributed by atoms with E-state index in [1.165, 1.54) is 17.8 Å². The first-order chi connectivity index (χ1) is 9.16. The number of fused-ring (bicyclic) bond motifs is 2. The second-order valence-corrected chi connectivity index (χ2v) is 5.12. The Hall–Kier alpha value is -2.27. The number of benzene rings is 2. The van der Waals surface area contributed by atoms with Crippen LogP contribution >= 0.6 is 11.8 Å². The van der Waals surface area contributed by atoms with Crippen molar-refractivity contribution in [3.05, 3.63) is 48.0 Å². The van der Waals surface area contributed by atoms with Crippen molar-refractivity contribution in [1.82, 2.24) is 0 Å². The predicted molar refractivity (Wildman–Crippen MR) is 72.3 cm³/mol. The molecule has 0 atom stereocenters. The van der Waals surface area contributed by atoms with E-state index in [1.807, 2.05) is 30.3 Å². The molecule has 0 bridgehead atoms. The number of ketones is 1. The Morgan fingerprint density at radius 1 is 1.00 bits per heavy atom. The molecular weight excluding hydrogens is 262 g/mol. The van der Waals surface area contributed by atoms with Gasteiger partial charge in [-0.2, -0.15) is 0 Å². The molecule has 0 fully saturated rings. The maximum Gasteiger partial charge on any atom is 0.377 e. The maximum atomic E-state index is 11.7. The third kappa shape index (κ3) is 1.98. The molecule has 3 rings (SSSR count). The summed E-state index contributed by atoms with van der Waals surface area (Å²) in [7, 11) is 0. The summed E-state index contributed by atoms with van der Waals surface area (Å²) in [5, 5.41) is 12.0. The van der Waals surface area contributed by atoms with Crippen LogP contribution in [0.3, 0.4) is 0 Å². The van der Waals surface area contributed by atoms with E-state index in [1.54, 1.807) is 6.07 Å². The molecule has 1 aliphatic heterocycles. The highest BCUT2D eigenvalue weighted by Crippen LogP contribution is 2.45. The van der Waals surface area contributed by atoms with Crippen LogP contribution in [0.5, 0.6) is 0 Å². The maximum absolute atomic E-state index is 11.7. The number of hydrogen-bond acceptors (Lipinski definition) is 4. The third-order valence-electron chi connectivity index (χ3n) is 2.83. The van der Waals surface area contributed by atoms with Gasteiger partial charge in [-0.1, -0.05) is 30.0 Å². The number of nitrogens with one attached hydrogen (secondary N) is 1. The number of carboxylic acids is 1. The average molecular weight is 271 g/mol. The lowest BCUT2D eigenvalue weighted by Gasteiger charge is -2.22. The van der Waals surface area contributed by atoms with Crippen LogP contribution in [0.25, 0.3) is 0 Å². The molecule has 0 radical (unpaired) electrons. The average Bonchev–Trinajstić information content (AvgIpc) is 2.43. The largest absolute Gasteiger partial charge is 0.475 e. The Morgan fingerprint density at radius 3 is 2.53 bits per heavy atom. The van der Waals surface area contributed by atoms with Gasteiger partial charge in [-0.25, -0.2) is 4.79 Å². The highest BCUT2D eigenvalue weighted by Gasteiger charge is 2.24. The van der Waals surface area contributed by atoms with Gasteiger partial charge in [0.1, 0.15) is 0 Å². The Bertz CT molecular complexity index is 697. The molecule has 0 saturated heterocycles. The molecule has 1 aliphatic rings. The number of aliphatic carboxylic acids is 1. The second-order valence-electron chi connectivity index (χ2n) is 4.04. The number of carbonyl (C=O) groups is 2. The van der Waals surface area contributed by atoms with E-state index in [-0.39, 0.29) is 5.56 Å². The molecular formula is C14H9NO3S. The zero-order valence-electron chi connectivity index (χ0n) is 9.71. The number of anilines is 2. The lowest BCUT2D eigenvalue weighted by atomic mass is 10.1. The van der Waals surface area contributed by atoms with Crippen LogP contribution in [0, 0.1) is 0 Å². The molecule has 0 aliphatic carbocycles. The molecule has 2 aromatic carbocycles. The first-order valence-electron chi connectivity index (χ1n) is 5.61. The lowest BCUT2D eigenvalue weighted by Crippen LogP contribution is -2.15. The van der Waals surface area contributed by atoms with Gasteiger partial charge in [-0.3, -0.25) is 4.79 Å². The number of para-hydroxylation sites is 2. The Morgan fingerprint density at radius 2 is 1.74 bits per heavy atom. The van der Waals surface area contributed by atoms with Crippen molar-refractivity contribution in [3.8, 4) is 0 Å². The number of carbonyl (C=O) groups excluding carboxylic acids is 1. The van der Waals surface area contributed by atoms with Crippen LogP contribution in [-0.4, -0.2) is 16.9 Å². The van der Waals surface area contributed by atoms with Gasteiger partial charge in [-0.05, 0) is 24.3 Å². The van der Waals surface area contributed by atoms with Gasteiger partial charge in [0, 0.05) is 9.79 Å². The number of rotatable bonds is 2. The topological polar surface area (TPSA) is 66.4 Å². The molecule has 1 heterocycles. The molecule has 2 N–H and O–H groups in total. The summed E-state index contributed by atoms with van der Waals surface area (Å²) in [4.78, 5) is 24.4. The van der Waals surface area contributed by atoms with Crippen molar-refractivity contribution in [2.24, 2.45) is 0 Å². The minimum absolute atomic E-state index is 0.187. The Balaban J connectivity index is 2.11. The van der Waals surface area contributed by atoms with Crippen molar-refractivity contribution in [1.29, 1.82) is 0 Å². The third-order valence-corrected chi connectivity index (χ3v) is 3.97. The molecule has 0 unspecified atom stereocenters. The van der Waals surface area contributed by atoms with Crippen molar-refractivity contribution in [3.63, 3.8) is 0 Å². The molecule has 0 spiro atoms. The molecule has 5 heteroatoms. The van der Waals surface area contributed by atoms with E-state index in [0.717, 1.165) is 15.5 Å². The minimum Gasteiger partial charge on any atom is -0.475 e. The summed E-state index contributed by atoms with van der Waals surface area (Å²) >= 11 is 1.52. The van der Waals surface area contributed by atoms with Crippen LogP contribution in [0.2, 0.25) is 0 Å². The fraction of sp³-hybridized carbons (Fsp3) is 0. The van der Waals surface area contributed by atoms with E-state index < -0.39 is 11.8 Å². The first-order valence-corrected chi connectivity index (χ1v) is 6.43. The SMILES string of the molecule is O=C(O)C(=O)c1cccc2c1Nc1ccccc1S2. The van der Waals surface area contributed by atoms with Crippen LogP contribution in [0.15, 0.2) is 52.3 Å². The van der Waals surface area contributed by atoms with Gasteiger partial charge in [0.05, 0.1) is 16.9 Å². The highest BCUT2D eigenvalue weighted by molar-refractivity contribution is 7.99. The van der Waals surface area contributed by atoms with Gasteiger partial charge >= 0.3 is 5.97 Å². The van der Waals surface area contributed by atoms with Crippen LogP contribution in [0.4, 0.5) is 11.4 Å². The van der Waals surface area contributed by atoms with Gasteiger partial charge in [0.2, 0.25) is 0 Å². The zero-order chi connectivity index (χ0) is 13.4. The molecule has 4 nitrogen and oxygen atoms in total. The minimum atomic E-state index is -1.45. The molecule has 0 amide bonds. The summed E-state index contributed by atoms with van der Waals surface area (Å²) in [6, 6.07) is 12.8. The summed E-state index contributed by atoms with van der Waals surface area (Å²) in [6.45, 7) is 0. The first kappa shape index (κ1) is 11.8. The smallest absolute Gasteiger partial charge is 0.377 e. The Kier molecular flexibility index (Phi) is 2.76. The lowest BCUT2D eigenvalue weighted by molar-refractivity contribution is -0.131. The molecule has 19 heavy (non-hydrogen) atoms. The highest BCUT2D eigenvalue weighted by atomic mass is 32.2. The van der Waals surface area contributed by atoms with Gasteiger partial charge in [0.15, 0.2) is 0 Å². The molecule has 2 aromatic rings. The molecule has 0 saturated carbocycles. The monoisotopic (exact) mass is 271 g/mol. The van der Waals surface area contributed by atoms with Crippen LogP contribution in [0.1, 0.15) is 10.4 Å². The standard InChI is InChI=1S/C14H9NO3S/c16-13(14(17)18)8-4-3-7-11-12(8)15-9-5-1-2-6-10(9)19-11/h1-7,15H,(H,17,18). The van der Waals surface area contributed by atoms with Gasteiger partial charge in [-0.15, -0.1) is 0 Å². The molecule has 94 valence electrons. The van der Waals surface area contributed by atoms with Crippen molar-refractivity contribution in [2.45, 2.75) is 9.79 Å². The predicted octanol–water partition coefficient (Wildman–Crippen LogP) is 3.16. The number of hydrogen-bond donors (Lipinski definition) is 2. The molecule has 0 aromatic heterocycles. The van der Waals surface area contributed by atoms with E-state index in [4.69, 9.17) is 5.11 Å². The fourth-order valence-corrected chi connectivity index (χ4v) is 2.98. The summed E-state index contributed by atoms with van der Waals surface area (Å²) in [5.41, 5.74) is 1.64. The summed E-state index contributed by atoms with van der Waals surface area (Å²) in [5.74, 6) is -2.34. The van der Waals surface area contributed by atoms with Crippen molar-refractivity contribution in [2.75, 3.05) is 5.32 Å². The fourth-order valence-electron chi connectivity index (χ4n) is 1.96.